The van der Waals surface area contributed by atoms with E-state index in [1.807, 2.05) is 30.3 Å². The average molecular weight is 480 g/mol. The molecule has 1 amide bonds. The van der Waals surface area contributed by atoms with Crippen LogP contribution in [0.2, 0.25) is 0 Å². The normalized spacial score (nSPS) is 18.5. The number of furan rings is 1. The number of ether oxygens (including phenoxy) is 2. The largest absolute Gasteiger partial charge is 0.492 e. The molecule has 5 rings (SSSR count). The number of rotatable bonds is 6. The smallest absolute Gasteiger partial charge is 0.343 e. The van der Waals surface area contributed by atoms with Gasteiger partial charge < -0.3 is 23.4 Å². The zero-order valence-corrected chi connectivity index (χ0v) is 20.0. The molecule has 35 heavy (non-hydrogen) atoms. The van der Waals surface area contributed by atoms with Crippen LogP contribution >= 0.6 is 0 Å². The molecule has 3 aromatic rings. The molecule has 0 radical (unpaired) electrons. The number of amides is 1. The van der Waals surface area contributed by atoms with Gasteiger partial charge in [-0.3, -0.25) is 14.5 Å². The van der Waals surface area contributed by atoms with E-state index in [2.05, 4.69) is 4.90 Å². The van der Waals surface area contributed by atoms with Gasteiger partial charge in [0.1, 0.15) is 22.7 Å². The Morgan fingerprint density at radius 2 is 1.97 bits per heavy atom. The van der Waals surface area contributed by atoms with Gasteiger partial charge in [-0.15, -0.1) is 0 Å². The number of hydrogen-bond acceptors (Lipinski definition) is 7. The SMILES string of the molecule is COC(=O)c1c(OC[C@@H]2CC(=O)N(C)C2)cc(=O)n2c1CCN(Cc1cc3ccccc3o1)CC2. The Balaban J connectivity index is 1.37. The van der Waals surface area contributed by atoms with Crippen molar-refractivity contribution >= 4 is 22.8 Å². The first-order valence-electron chi connectivity index (χ1n) is 11.8. The minimum atomic E-state index is -0.533. The van der Waals surface area contributed by atoms with Crippen LogP contribution in [0, 0.1) is 5.92 Å². The Bertz CT molecular complexity index is 1290. The molecule has 184 valence electrons. The van der Waals surface area contributed by atoms with Crippen LogP contribution in [-0.2, 0) is 29.0 Å². The molecule has 1 atom stereocenters. The van der Waals surface area contributed by atoms with Crippen LogP contribution in [0.1, 0.15) is 28.2 Å². The van der Waals surface area contributed by atoms with E-state index in [1.165, 1.54) is 13.2 Å². The number of benzene rings is 1. The van der Waals surface area contributed by atoms with Gasteiger partial charge in [-0.1, -0.05) is 18.2 Å². The van der Waals surface area contributed by atoms with Crippen LogP contribution in [0.15, 0.2) is 45.6 Å². The highest BCUT2D eigenvalue weighted by Gasteiger charge is 2.30. The first-order valence-corrected chi connectivity index (χ1v) is 11.8. The van der Waals surface area contributed by atoms with E-state index in [4.69, 9.17) is 13.9 Å². The molecular weight excluding hydrogens is 450 g/mol. The number of esters is 1. The van der Waals surface area contributed by atoms with E-state index in [0.717, 1.165) is 16.7 Å². The third kappa shape index (κ3) is 4.68. The highest BCUT2D eigenvalue weighted by molar-refractivity contribution is 5.93. The number of fused-ring (bicyclic) bond motifs is 2. The van der Waals surface area contributed by atoms with Crippen LogP contribution in [-0.4, -0.2) is 66.6 Å². The number of carbonyl (C=O) groups is 2. The summed E-state index contributed by atoms with van der Waals surface area (Å²) in [5.41, 5.74) is 1.54. The molecule has 0 bridgehead atoms. The second-order valence-corrected chi connectivity index (χ2v) is 9.24. The molecule has 1 aromatic carbocycles. The Hall–Kier alpha value is -3.59. The summed E-state index contributed by atoms with van der Waals surface area (Å²) in [6, 6.07) is 11.3. The molecule has 2 aliphatic heterocycles. The number of carbonyl (C=O) groups excluding carboxylic acids is 2. The number of aromatic nitrogens is 1. The maximum absolute atomic E-state index is 13.0. The molecule has 0 unspecified atom stereocenters. The molecule has 0 spiro atoms. The van der Waals surface area contributed by atoms with Gasteiger partial charge >= 0.3 is 5.97 Å². The topological polar surface area (TPSA) is 94.2 Å². The van der Waals surface area contributed by atoms with Crippen LogP contribution in [0.25, 0.3) is 11.0 Å². The minimum absolute atomic E-state index is 0.0128. The Morgan fingerprint density at radius 3 is 2.71 bits per heavy atom. The van der Waals surface area contributed by atoms with Gasteiger partial charge in [-0.25, -0.2) is 4.79 Å². The highest BCUT2D eigenvalue weighted by Crippen LogP contribution is 2.27. The Morgan fingerprint density at radius 1 is 1.14 bits per heavy atom. The molecule has 9 nitrogen and oxygen atoms in total. The second kappa shape index (κ2) is 9.58. The molecule has 0 aliphatic carbocycles. The molecule has 1 saturated heterocycles. The molecule has 0 saturated carbocycles. The summed E-state index contributed by atoms with van der Waals surface area (Å²) in [7, 11) is 3.08. The van der Waals surface area contributed by atoms with Crippen molar-refractivity contribution in [3.63, 3.8) is 0 Å². The lowest BCUT2D eigenvalue weighted by Crippen LogP contribution is -2.29. The first kappa shape index (κ1) is 23.2. The summed E-state index contributed by atoms with van der Waals surface area (Å²) in [5, 5.41) is 1.06. The highest BCUT2D eigenvalue weighted by atomic mass is 16.5. The van der Waals surface area contributed by atoms with E-state index in [-0.39, 0.29) is 35.3 Å². The number of methoxy groups -OCH3 is 1. The lowest BCUT2D eigenvalue weighted by atomic mass is 10.1. The van der Waals surface area contributed by atoms with Crippen molar-refractivity contribution in [1.29, 1.82) is 0 Å². The van der Waals surface area contributed by atoms with Gasteiger partial charge in [0.2, 0.25) is 5.91 Å². The Labute approximate surface area is 202 Å². The van der Waals surface area contributed by atoms with Crippen molar-refractivity contribution in [2.75, 3.05) is 40.4 Å². The van der Waals surface area contributed by atoms with Crippen molar-refractivity contribution in [1.82, 2.24) is 14.4 Å². The summed E-state index contributed by atoms with van der Waals surface area (Å²) < 4.78 is 18.6. The summed E-state index contributed by atoms with van der Waals surface area (Å²) in [6.45, 7) is 3.18. The Kier molecular flexibility index (Phi) is 6.34. The average Bonchev–Trinajstić information content (AvgIpc) is 3.32. The quantitative estimate of drug-likeness (QED) is 0.501. The van der Waals surface area contributed by atoms with Gasteiger partial charge in [0, 0.05) is 69.1 Å². The van der Waals surface area contributed by atoms with Crippen molar-refractivity contribution in [3.8, 4) is 5.75 Å². The predicted molar refractivity (Wildman–Crippen MR) is 128 cm³/mol. The summed E-state index contributed by atoms with van der Waals surface area (Å²) >= 11 is 0. The first-order chi connectivity index (χ1) is 16.9. The number of hydrogen-bond donors (Lipinski definition) is 0. The van der Waals surface area contributed by atoms with Gasteiger partial charge in [0.15, 0.2) is 0 Å². The molecule has 2 aliphatic rings. The zero-order valence-electron chi connectivity index (χ0n) is 20.0. The lowest BCUT2D eigenvalue weighted by molar-refractivity contribution is -0.126. The number of pyridine rings is 1. The fraction of sp³-hybridized carbons (Fsp3) is 0.423. The molecular formula is C26H29N3O6. The molecule has 2 aromatic heterocycles. The predicted octanol–water partition coefficient (Wildman–Crippen LogP) is 2.30. The van der Waals surface area contributed by atoms with E-state index in [1.54, 1.807) is 16.5 Å². The lowest BCUT2D eigenvalue weighted by Gasteiger charge is -2.18. The number of nitrogens with zero attached hydrogens (tertiary/aromatic N) is 3. The van der Waals surface area contributed by atoms with E-state index in [0.29, 0.717) is 51.3 Å². The number of likely N-dealkylation sites (tertiary alicyclic amines) is 1. The molecule has 1 fully saturated rings. The molecule has 0 N–H and O–H groups in total. The van der Waals surface area contributed by atoms with E-state index in [9.17, 15) is 14.4 Å². The van der Waals surface area contributed by atoms with Crippen molar-refractivity contribution in [3.05, 3.63) is 63.8 Å². The second-order valence-electron chi connectivity index (χ2n) is 9.24. The van der Waals surface area contributed by atoms with Gasteiger partial charge in [0.25, 0.3) is 5.56 Å². The number of para-hydroxylation sites is 1. The van der Waals surface area contributed by atoms with Gasteiger partial charge in [-0.05, 0) is 12.1 Å². The third-order valence-electron chi connectivity index (χ3n) is 6.83. The van der Waals surface area contributed by atoms with E-state index >= 15 is 0 Å². The fourth-order valence-corrected chi connectivity index (χ4v) is 5.00. The standard InChI is InChI=1S/C26H29N3O6/c1-27-14-17(11-23(27)30)16-34-22-13-24(31)29-10-9-28(8-7-20(29)25(22)26(32)33-2)15-19-12-18-5-3-4-6-21(18)35-19/h3-6,12-13,17H,7-11,14-16H2,1-2H3/t17-/m1/s1. The van der Waals surface area contributed by atoms with E-state index < -0.39 is 5.97 Å². The van der Waals surface area contributed by atoms with Crippen LogP contribution in [0.3, 0.4) is 0 Å². The maximum Gasteiger partial charge on any atom is 0.343 e. The zero-order chi connectivity index (χ0) is 24.5. The summed E-state index contributed by atoms with van der Waals surface area (Å²) in [6.07, 6.45) is 0.881. The third-order valence-corrected chi connectivity index (χ3v) is 6.83. The van der Waals surface area contributed by atoms with Crippen LogP contribution in [0.5, 0.6) is 5.75 Å². The van der Waals surface area contributed by atoms with Gasteiger partial charge in [-0.2, -0.15) is 0 Å². The molecule has 9 heteroatoms. The van der Waals surface area contributed by atoms with Crippen LogP contribution < -0.4 is 10.3 Å². The molecule has 4 heterocycles. The van der Waals surface area contributed by atoms with Crippen molar-refractivity contribution < 1.29 is 23.5 Å². The monoisotopic (exact) mass is 479 g/mol. The van der Waals surface area contributed by atoms with Crippen molar-refractivity contribution in [2.45, 2.75) is 25.9 Å². The van der Waals surface area contributed by atoms with Gasteiger partial charge in [0.05, 0.1) is 20.3 Å². The summed E-state index contributed by atoms with van der Waals surface area (Å²) in [5.74, 6) is 0.630. The van der Waals surface area contributed by atoms with Crippen molar-refractivity contribution in [2.24, 2.45) is 5.92 Å². The van der Waals surface area contributed by atoms with Crippen LogP contribution in [0.4, 0.5) is 0 Å². The minimum Gasteiger partial charge on any atom is -0.492 e. The fourth-order valence-electron chi connectivity index (χ4n) is 5.00. The summed E-state index contributed by atoms with van der Waals surface area (Å²) in [4.78, 5) is 41.5. The maximum atomic E-state index is 13.0.